The largest absolute Gasteiger partial charge is 0.323 e. The highest BCUT2D eigenvalue weighted by molar-refractivity contribution is 6.14. The summed E-state index contributed by atoms with van der Waals surface area (Å²) < 4.78 is 40.8. The number of hydrogen-bond acceptors (Lipinski definition) is 2. The van der Waals surface area contributed by atoms with E-state index in [2.05, 4.69) is 10.6 Å². The summed E-state index contributed by atoms with van der Waals surface area (Å²) in [5.74, 6) is -4.34. The number of halogens is 3. The molecule has 0 saturated carbocycles. The molecule has 2 N–H and O–H groups in total. The van der Waals surface area contributed by atoms with E-state index in [0.717, 1.165) is 24.3 Å². The SMILES string of the molecule is CC(C)(C(=O)Nc1ccccc1F)C(=O)Nc1c(F)cccc1F. The van der Waals surface area contributed by atoms with Crippen molar-refractivity contribution in [3.8, 4) is 0 Å². The zero-order chi connectivity index (χ0) is 17.9. The zero-order valence-corrected chi connectivity index (χ0v) is 13.0. The minimum absolute atomic E-state index is 0.0968. The second-order valence-corrected chi connectivity index (χ2v) is 5.61. The third kappa shape index (κ3) is 3.56. The van der Waals surface area contributed by atoms with Gasteiger partial charge in [0.2, 0.25) is 11.8 Å². The van der Waals surface area contributed by atoms with E-state index in [0.29, 0.717) is 0 Å². The van der Waals surface area contributed by atoms with Crippen LogP contribution >= 0.6 is 0 Å². The molecular weight excluding hydrogens is 321 g/mol. The van der Waals surface area contributed by atoms with Crippen molar-refractivity contribution in [3.63, 3.8) is 0 Å². The Balaban J connectivity index is 2.18. The first kappa shape index (κ1) is 17.5. The molecule has 7 heteroatoms. The number of nitrogens with one attached hydrogen (secondary N) is 2. The standard InChI is InChI=1S/C17H15F3N2O2/c1-17(2,15(23)21-13-9-4-3-6-10(13)18)16(24)22-14-11(19)7-5-8-12(14)20/h3-9H,1-2H3,(H,21,23)(H,22,24). The number of carbonyl (C=O) groups excluding carboxylic acids is 2. The lowest BCUT2D eigenvalue weighted by Gasteiger charge is -2.23. The van der Waals surface area contributed by atoms with E-state index < -0.39 is 40.4 Å². The molecule has 0 spiro atoms. The fraction of sp³-hybridized carbons (Fsp3) is 0.176. The van der Waals surface area contributed by atoms with Crippen LogP contribution in [0, 0.1) is 22.9 Å². The van der Waals surface area contributed by atoms with Gasteiger partial charge < -0.3 is 10.6 Å². The lowest BCUT2D eigenvalue weighted by atomic mass is 9.90. The smallest absolute Gasteiger partial charge is 0.239 e. The fourth-order valence-electron chi connectivity index (χ4n) is 1.83. The summed E-state index contributed by atoms with van der Waals surface area (Å²) in [4.78, 5) is 24.5. The van der Waals surface area contributed by atoms with E-state index >= 15 is 0 Å². The predicted molar refractivity (Wildman–Crippen MR) is 83.8 cm³/mol. The molecule has 2 rings (SSSR count). The third-order valence-electron chi connectivity index (χ3n) is 3.46. The fourth-order valence-corrected chi connectivity index (χ4v) is 1.83. The first-order valence-corrected chi connectivity index (χ1v) is 7.05. The Labute approximate surface area is 136 Å². The number of rotatable bonds is 4. The summed E-state index contributed by atoms with van der Waals surface area (Å²) >= 11 is 0. The molecule has 2 amide bonds. The van der Waals surface area contributed by atoms with Crippen molar-refractivity contribution in [2.75, 3.05) is 10.6 Å². The van der Waals surface area contributed by atoms with Gasteiger partial charge in [-0.1, -0.05) is 18.2 Å². The van der Waals surface area contributed by atoms with Crippen LogP contribution in [0.3, 0.4) is 0 Å². The van der Waals surface area contributed by atoms with Gasteiger partial charge >= 0.3 is 0 Å². The first-order valence-electron chi connectivity index (χ1n) is 7.05. The van der Waals surface area contributed by atoms with Crippen molar-refractivity contribution in [1.29, 1.82) is 0 Å². The van der Waals surface area contributed by atoms with Crippen molar-refractivity contribution in [1.82, 2.24) is 0 Å². The van der Waals surface area contributed by atoms with E-state index in [4.69, 9.17) is 0 Å². The molecule has 0 saturated heterocycles. The maximum atomic E-state index is 13.6. The van der Waals surface area contributed by atoms with Crippen LogP contribution in [0.1, 0.15) is 13.8 Å². The molecule has 0 fully saturated rings. The topological polar surface area (TPSA) is 58.2 Å². The number of benzene rings is 2. The summed E-state index contributed by atoms with van der Waals surface area (Å²) in [5.41, 5.74) is -2.44. The molecule has 24 heavy (non-hydrogen) atoms. The number of anilines is 2. The van der Waals surface area contributed by atoms with Crippen LogP contribution in [0.4, 0.5) is 24.5 Å². The number of amides is 2. The third-order valence-corrected chi connectivity index (χ3v) is 3.46. The highest BCUT2D eigenvalue weighted by Gasteiger charge is 2.37. The molecular formula is C17H15F3N2O2. The average Bonchev–Trinajstić information content (AvgIpc) is 2.53. The number of para-hydroxylation sites is 2. The van der Waals surface area contributed by atoms with E-state index in [1.165, 1.54) is 32.0 Å². The molecule has 0 aromatic heterocycles. The Morgan fingerprint density at radius 2 is 1.29 bits per heavy atom. The minimum atomic E-state index is -1.70. The van der Waals surface area contributed by atoms with Gasteiger partial charge in [-0.05, 0) is 38.1 Å². The van der Waals surface area contributed by atoms with Crippen LogP contribution in [0.2, 0.25) is 0 Å². The average molecular weight is 336 g/mol. The van der Waals surface area contributed by atoms with Crippen molar-refractivity contribution in [2.45, 2.75) is 13.8 Å². The lowest BCUT2D eigenvalue weighted by Crippen LogP contribution is -2.42. The second-order valence-electron chi connectivity index (χ2n) is 5.61. The Kier molecular flexibility index (Phi) is 4.92. The summed E-state index contributed by atoms with van der Waals surface area (Å²) in [6.07, 6.45) is 0. The molecule has 0 aliphatic heterocycles. The molecule has 2 aromatic carbocycles. The highest BCUT2D eigenvalue weighted by atomic mass is 19.1. The maximum absolute atomic E-state index is 13.6. The predicted octanol–water partition coefficient (Wildman–Crippen LogP) is 3.71. The van der Waals surface area contributed by atoms with Gasteiger partial charge in [-0.2, -0.15) is 0 Å². The molecule has 0 atom stereocenters. The Morgan fingerprint density at radius 1 is 0.792 bits per heavy atom. The first-order chi connectivity index (χ1) is 11.2. The molecule has 0 bridgehead atoms. The highest BCUT2D eigenvalue weighted by Crippen LogP contribution is 2.25. The summed E-state index contributed by atoms with van der Waals surface area (Å²) in [6, 6.07) is 8.55. The maximum Gasteiger partial charge on any atom is 0.239 e. The van der Waals surface area contributed by atoms with Gasteiger partial charge in [0.15, 0.2) is 0 Å². The van der Waals surface area contributed by atoms with Crippen LogP contribution < -0.4 is 10.6 Å². The Bertz CT molecular complexity index is 771. The van der Waals surface area contributed by atoms with E-state index in [-0.39, 0.29) is 5.69 Å². The van der Waals surface area contributed by atoms with E-state index in [9.17, 15) is 22.8 Å². The molecule has 0 aliphatic rings. The minimum Gasteiger partial charge on any atom is -0.323 e. The number of carbonyl (C=O) groups is 2. The van der Waals surface area contributed by atoms with Crippen molar-refractivity contribution < 1.29 is 22.8 Å². The van der Waals surface area contributed by atoms with Crippen LogP contribution in [0.25, 0.3) is 0 Å². The zero-order valence-electron chi connectivity index (χ0n) is 13.0. The van der Waals surface area contributed by atoms with Gasteiger partial charge in [-0.15, -0.1) is 0 Å². The van der Waals surface area contributed by atoms with E-state index in [1.54, 1.807) is 0 Å². The summed E-state index contributed by atoms with van der Waals surface area (Å²) in [5, 5.41) is 4.34. The monoisotopic (exact) mass is 336 g/mol. The molecule has 4 nitrogen and oxygen atoms in total. The van der Waals surface area contributed by atoms with Gasteiger partial charge in [-0.3, -0.25) is 9.59 Å². The Hall–Kier alpha value is -2.83. The van der Waals surface area contributed by atoms with Crippen LogP contribution in [0.5, 0.6) is 0 Å². The van der Waals surface area contributed by atoms with E-state index in [1.807, 2.05) is 0 Å². The molecule has 0 aliphatic carbocycles. The molecule has 2 aromatic rings. The quantitative estimate of drug-likeness (QED) is 0.836. The number of hydrogen-bond donors (Lipinski definition) is 2. The van der Waals surface area contributed by atoms with Crippen LogP contribution in [-0.2, 0) is 9.59 Å². The summed E-state index contributed by atoms with van der Waals surface area (Å²) in [6.45, 7) is 2.52. The van der Waals surface area contributed by atoms with Crippen LogP contribution in [0.15, 0.2) is 42.5 Å². The van der Waals surface area contributed by atoms with Crippen LogP contribution in [-0.4, -0.2) is 11.8 Å². The van der Waals surface area contributed by atoms with Gasteiger partial charge in [0.1, 0.15) is 28.6 Å². The molecule has 0 heterocycles. The van der Waals surface area contributed by atoms with Crippen molar-refractivity contribution in [2.24, 2.45) is 5.41 Å². The van der Waals surface area contributed by atoms with Crippen molar-refractivity contribution >= 4 is 23.2 Å². The Morgan fingerprint density at radius 3 is 1.88 bits per heavy atom. The van der Waals surface area contributed by atoms with Gasteiger partial charge in [0.25, 0.3) is 0 Å². The van der Waals surface area contributed by atoms with Gasteiger partial charge in [0.05, 0.1) is 5.69 Å². The second kappa shape index (κ2) is 6.74. The summed E-state index contributed by atoms with van der Waals surface area (Å²) in [7, 11) is 0. The lowest BCUT2D eigenvalue weighted by molar-refractivity contribution is -0.135. The molecule has 0 unspecified atom stereocenters. The molecule has 126 valence electrons. The van der Waals surface area contributed by atoms with Gasteiger partial charge in [-0.25, -0.2) is 13.2 Å². The van der Waals surface area contributed by atoms with Gasteiger partial charge in [0, 0.05) is 0 Å². The van der Waals surface area contributed by atoms with Crippen molar-refractivity contribution in [3.05, 3.63) is 59.9 Å². The molecule has 0 radical (unpaired) electrons. The normalized spacial score (nSPS) is 11.0.